The molecule has 3 aromatic heterocycles. The number of hydrogen-bond donors (Lipinski definition) is 1. The van der Waals surface area contributed by atoms with Crippen molar-refractivity contribution in [1.29, 1.82) is 0 Å². The normalized spacial score (nSPS) is 11.3. The molecule has 0 spiro atoms. The van der Waals surface area contributed by atoms with Crippen molar-refractivity contribution in [2.24, 2.45) is 0 Å². The molecule has 27 heavy (non-hydrogen) atoms. The number of aryl methyl sites for hydroxylation is 2. The first kappa shape index (κ1) is 17.5. The summed E-state index contributed by atoms with van der Waals surface area (Å²) in [6, 6.07) is 5.61. The van der Waals surface area contributed by atoms with E-state index in [4.69, 9.17) is 14.9 Å². The Morgan fingerprint density at radius 1 is 1.33 bits per heavy atom. The van der Waals surface area contributed by atoms with Crippen molar-refractivity contribution >= 4 is 49.9 Å². The third-order valence-corrected chi connectivity index (χ3v) is 4.78. The minimum absolute atomic E-state index is 0.233. The van der Waals surface area contributed by atoms with Gasteiger partial charge in [-0.25, -0.2) is 19.7 Å². The number of imidazole rings is 1. The van der Waals surface area contributed by atoms with Gasteiger partial charge in [-0.15, -0.1) is 0 Å². The van der Waals surface area contributed by atoms with Gasteiger partial charge in [-0.3, -0.25) is 0 Å². The maximum absolute atomic E-state index is 12.4. The van der Waals surface area contributed by atoms with Crippen LogP contribution in [0.25, 0.3) is 22.1 Å². The van der Waals surface area contributed by atoms with Gasteiger partial charge in [-0.2, -0.15) is 0 Å². The zero-order valence-corrected chi connectivity index (χ0v) is 16.1. The largest absolute Gasteiger partial charge is 0.460 e. The highest BCUT2D eigenvalue weighted by Crippen LogP contribution is 2.28. The first-order valence-corrected chi connectivity index (χ1v) is 9.11. The number of esters is 1. The molecule has 0 saturated carbocycles. The van der Waals surface area contributed by atoms with Gasteiger partial charge in [0.05, 0.1) is 12.9 Å². The molecule has 0 unspecified atom stereocenters. The quantitative estimate of drug-likeness (QED) is 0.381. The number of carbonyl (C=O) groups excluding carboxylic acids is 1. The Balaban J connectivity index is 1.40. The SMILES string of the molecule is Cc1c(C(=O)OCCCn2cnc3c(N)ncnc32)oc2ccc(Br)cc12. The molecule has 3 heterocycles. The number of ether oxygens (including phenoxy) is 1. The minimum Gasteiger partial charge on any atom is -0.460 e. The predicted molar refractivity (Wildman–Crippen MR) is 103 cm³/mol. The van der Waals surface area contributed by atoms with Crippen LogP contribution in [0.5, 0.6) is 0 Å². The zero-order valence-electron chi connectivity index (χ0n) is 14.5. The lowest BCUT2D eigenvalue weighted by atomic mass is 10.1. The molecular formula is C18H16BrN5O3. The predicted octanol–water partition coefficient (Wildman–Crippen LogP) is 3.47. The summed E-state index contributed by atoms with van der Waals surface area (Å²) in [5, 5.41) is 0.887. The van der Waals surface area contributed by atoms with Gasteiger partial charge in [0, 0.05) is 22.0 Å². The van der Waals surface area contributed by atoms with Crippen molar-refractivity contribution in [3.05, 3.63) is 46.7 Å². The third-order valence-electron chi connectivity index (χ3n) is 4.29. The van der Waals surface area contributed by atoms with Gasteiger partial charge < -0.3 is 19.5 Å². The molecule has 0 bridgehead atoms. The lowest BCUT2D eigenvalue weighted by molar-refractivity contribution is 0.0461. The van der Waals surface area contributed by atoms with E-state index in [1.165, 1.54) is 6.33 Å². The van der Waals surface area contributed by atoms with E-state index in [1.807, 2.05) is 29.7 Å². The number of halogens is 1. The molecule has 0 radical (unpaired) electrons. The summed E-state index contributed by atoms with van der Waals surface area (Å²) < 4.78 is 13.8. The fraction of sp³-hybridized carbons (Fsp3) is 0.222. The molecule has 0 aliphatic heterocycles. The highest BCUT2D eigenvalue weighted by Gasteiger charge is 2.19. The fourth-order valence-electron chi connectivity index (χ4n) is 2.92. The van der Waals surface area contributed by atoms with Crippen molar-refractivity contribution < 1.29 is 13.9 Å². The monoisotopic (exact) mass is 429 g/mol. The van der Waals surface area contributed by atoms with Gasteiger partial charge in [0.25, 0.3) is 0 Å². The fourth-order valence-corrected chi connectivity index (χ4v) is 3.28. The molecule has 0 saturated heterocycles. The lowest BCUT2D eigenvalue weighted by Crippen LogP contribution is -2.09. The Labute approximate surface area is 162 Å². The Kier molecular flexibility index (Phi) is 4.53. The van der Waals surface area contributed by atoms with Gasteiger partial charge in [-0.05, 0) is 31.5 Å². The first-order chi connectivity index (χ1) is 13.0. The maximum atomic E-state index is 12.4. The van der Waals surface area contributed by atoms with E-state index in [1.54, 1.807) is 6.33 Å². The molecule has 0 aliphatic carbocycles. The molecule has 0 fully saturated rings. The van der Waals surface area contributed by atoms with E-state index in [0.717, 1.165) is 15.4 Å². The van der Waals surface area contributed by atoms with Crippen LogP contribution in [-0.2, 0) is 11.3 Å². The molecular weight excluding hydrogens is 414 g/mol. The summed E-state index contributed by atoms with van der Waals surface area (Å²) in [7, 11) is 0. The van der Waals surface area contributed by atoms with E-state index in [-0.39, 0.29) is 12.4 Å². The Morgan fingerprint density at radius 3 is 3.04 bits per heavy atom. The standard InChI is InChI=1S/C18H16BrN5O3/c1-10-12-7-11(19)3-4-13(12)27-15(10)18(25)26-6-2-5-24-9-23-14-16(20)21-8-22-17(14)24/h3-4,7-9H,2,5-6H2,1H3,(H2,20,21,22). The molecule has 8 nitrogen and oxygen atoms in total. The summed E-state index contributed by atoms with van der Waals surface area (Å²) >= 11 is 3.42. The topological polar surface area (TPSA) is 109 Å². The molecule has 138 valence electrons. The van der Waals surface area contributed by atoms with E-state index in [2.05, 4.69) is 30.9 Å². The Hall–Kier alpha value is -2.94. The summed E-state index contributed by atoms with van der Waals surface area (Å²) in [6.45, 7) is 2.68. The number of aromatic nitrogens is 4. The number of hydrogen-bond acceptors (Lipinski definition) is 7. The molecule has 9 heteroatoms. The molecule has 0 aliphatic rings. The van der Waals surface area contributed by atoms with Gasteiger partial charge in [0.15, 0.2) is 11.5 Å². The smallest absolute Gasteiger partial charge is 0.374 e. The van der Waals surface area contributed by atoms with Crippen LogP contribution in [0.2, 0.25) is 0 Å². The summed E-state index contributed by atoms with van der Waals surface area (Å²) in [5.41, 5.74) is 8.43. The number of fused-ring (bicyclic) bond motifs is 2. The van der Waals surface area contributed by atoms with Crippen LogP contribution in [0.3, 0.4) is 0 Å². The average molecular weight is 430 g/mol. The molecule has 2 N–H and O–H groups in total. The summed E-state index contributed by atoms with van der Waals surface area (Å²) in [4.78, 5) is 24.7. The molecule has 0 atom stereocenters. The summed E-state index contributed by atoms with van der Waals surface area (Å²) in [6.07, 6.45) is 3.66. The number of nitrogen functional groups attached to an aromatic ring is 1. The second-order valence-electron chi connectivity index (χ2n) is 6.06. The van der Waals surface area contributed by atoms with Gasteiger partial charge >= 0.3 is 5.97 Å². The zero-order chi connectivity index (χ0) is 19.0. The molecule has 0 amide bonds. The third kappa shape index (κ3) is 3.25. The van der Waals surface area contributed by atoms with Gasteiger partial charge in [0.2, 0.25) is 5.76 Å². The van der Waals surface area contributed by atoms with Crippen molar-refractivity contribution in [3.63, 3.8) is 0 Å². The van der Waals surface area contributed by atoms with Crippen LogP contribution in [-0.4, -0.2) is 32.1 Å². The first-order valence-electron chi connectivity index (χ1n) is 8.31. The van der Waals surface area contributed by atoms with Crippen LogP contribution < -0.4 is 5.73 Å². The Bertz CT molecular complexity index is 1150. The van der Waals surface area contributed by atoms with Crippen molar-refractivity contribution in [3.8, 4) is 0 Å². The minimum atomic E-state index is -0.470. The number of furan rings is 1. The van der Waals surface area contributed by atoms with Crippen molar-refractivity contribution in [2.45, 2.75) is 19.9 Å². The highest BCUT2D eigenvalue weighted by atomic mass is 79.9. The van der Waals surface area contributed by atoms with E-state index >= 15 is 0 Å². The number of rotatable bonds is 5. The molecule has 4 aromatic rings. The van der Waals surface area contributed by atoms with Crippen LogP contribution in [0.15, 0.2) is 39.7 Å². The molecule has 1 aromatic carbocycles. The maximum Gasteiger partial charge on any atom is 0.374 e. The number of anilines is 1. The van der Waals surface area contributed by atoms with E-state index in [0.29, 0.717) is 35.5 Å². The Morgan fingerprint density at radius 2 is 2.19 bits per heavy atom. The van der Waals surface area contributed by atoms with Crippen LogP contribution in [0.4, 0.5) is 5.82 Å². The number of nitrogens with zero attached hydrogens (tertiary/aromatic N) is 4. The second-order valence-corrected chi connectivity index (χ2v) is 6.97. The van der Waals surface area contributed by atoms with E-state index < -0.39 is 5.97 Å². The van der Waals surface area contributed by atoms with Gasteiger partial charge in [-0.1, -0.05) is 15.9 Å². The number of nitrogens with two attached hydrogens (primary N) is 1. The van der Waals surface area contributed by atoms with E-state index in [9.17, 15) is 4.79 Å². The number of benzene rings is 1. The average Bonchev–Trinajstić information content (AvgIpc) is 3.21. The highest BCUT2D eigenvalue weighted by molar-refractivity contribution is 9.10. The molecule has 4 rings (SSSR count). The second kappa shape index (κ2) is 6.99. The van der Waals surface area contributed by atoms with Crippen LogP contribution in [0.1, 0.15) is 22.5 Å². The van der Waals surface area contributed by atoms with Crippen LogP contribution in [0, 0.1) is 6.92 Å². The number of carbonyl (C=O) groups is 1. The van der Waals surface area contributed by atoms with Crippen molar-refractivity contribution in [1.82, 2.24) is 19.5 Å². The van der Waals surface area contributed by atoms with Gasteiger partial charge in [0.1, 0.15) is 17.4 Å². The van der Waals surface area contributed by atoms with Crippen molar-refractivity contribution in [2.75, 3.05) is 12.3 Å². The lowest BCUT2D eigenvalue weighted by Gasteiger charge is -2.05. The van der Waals surface area contributed by atoms with Crippen LogP contribution >= 0.6 is 15.9 Å². The summed E-state index contributed by atoms with van der Waals surface area (Å²) in [5.74, 6) is 0.107.